The van der Waals surface area contributed by atoms with Gasteiger partial charge in [-0.15, -0.1) is 0 Å². The summed E-state index contributed by atoms with van der Waals surface area (Å²) in [6.07, 6.45) is 7.08. The molecule has 212 valence electrons. The number of amides is 1. The first-order valence-electron chi connectivity index (χ1n) is 13.5. The molecule has 1 amide bonds. The number of H-pyrrole nitrogens is 2. The van der Waals surface area contributed by atoms with Gasteiger partial charge in [-0.1, -0.05) is 6.92 Å². The third kappa shape index (κ3) is 5.52. The molecule has 12 heteroatoms. The molecule has 1 aromatic carbocycles. The number of pyridine rings is 3. The largest absolute Gasteiger partial charge is 0.384 e. The van der Waals surface area contributed by atoms with E-state index in [1.807, 2.05) is 38.4 Å². The molecule has 4 N–H and O–H groups in total. The molecule has 5 heterocycles. The molecule has 0 aliphatic carbocycles. The van der Waals surface area contributed by atoms with Gasteiger partial charge in [-0.25, -0.2) is 19.3 Å². The molecule has 42 heavy (non-hydrogen) atoms. The van der Waals surface area contributed by atoms with Gasteiger partial charge in [0.1, 0.15) is 17.0 Å². The molecule has 0 atom stereocenters. The van der Waals surface area contributed by atoms with Crippen LogP contribution in [-0.4, -0.2) is 73.1 Å². The number of anilines is 2. The predicted molar refractivity (Wildman–Crippen MR) is 161 cm³/mol. The zero-order valence-corrected chi connectivity index (χ0v) is 23.4. The van der Waals surface area contributed by atoms with Crippen LogP contribution in [0.4, 0.5) is 15.8 Å². The first kappa shape index (κ1) is 27.0. The van der Waals surface area contributed by atoms with Gasteiger partial charge >= 0.3 is 0 Å². The maximum absolute atomic E-state index is 14.6. The van der Waals surface area contributed by atoms with Crippen molar-refractivity contribution in [2.75, 3.05) is 37.8 Å². The van der Waals surface area contributed by atoms with Gasteiger partial charge in [-0.2, -0.15) is 5.10 Å². The molecule has 0 spiro atoms. The van der Waals surface area contributed by atoms with Crippen molar-refractivity contribution in [2.24, 2.45) is 0 Å². The van der Waals surface area contributed by atoms with Crippen molar-refractivity contribution >= 4 is 39.5 Å². The van der Waals surface area contributed by atoms with E-state index >= 15 is 0 Å². The number of benzene rings is 1. The van der Waals surface area contributed by atoms with E-state index < -0.39 is 0 Å². The Hall–Kier alpha value is -5.23. The number of fused-ring (bicyclic) bond motifs is 2. The van der Waals surface area contributed by atoms with Crippen molar-refractivity contribution in [3.63, 3.8) is 0 Å². The van der Waals surface area contributed by atoms with Crippen LogP contribution in [0, 0.1) is 5.82 Å². The third-order valence-electron chi connectivity index (χ3n) is 6.80. The van der Waals surface area contributed by atoms with Gasteiger partial charge in [-0.05, 0) is 56.1 Å². The van der Waals surface area contributed by atoms with Crippen molar-refractivity contribution < 1.29 is 9.18 Å². The van der Waals surface area contributed by atoms with Crippen LogP contribution < -0.4 is 10.6 Å². The minimum absolute atomic E-state index is 0.0902. The lowest BCUT2D eigenvalue weighted by molar-refractivity contribution is -0.115. The first-order valence-corrected chi connectivity index (χ1v) is 13.5. The summed E-state index contributed by atoms with van der Waals surface area (Å²) < 4.78 is 14.6. The Balaban J connectivity index is 1.36. The Labute approximate surface area is 240 Å². The second-order valence-corrected chi connectivity index (χ2v) is 10.2. The summed E-state index contributed by atoms with van der Waals surface area (Å²) >= 11 is 0. The summed E-state index contributed by atoms with van der Waals surface area (Å²) in [6.45, 7) is 3.30. The van der Waals surface area contributed by atoms with Gasteiger partial charge in [0.2, 0.25) is 5.91 Å². The van der Waals surface area contributed by atoms with Gasteiger partial charge < -0.3 is 20.5 Å². The Bertz CT molecular complexity index is 1910. The van der Waals surface area contributed by atoms with Crippen molar-refractivity contribution in [2.45, 2.75) is 13.3 Å². The van der Waals surface area contributed by atoms with Crippen LogP contribution >= 0.6 is 0 Å². The SMILES string of the molecule is CCC(=O)Nc1cncc(-c2cnc3[nH]nc(-c4nc5c(-c6cc(F)cc(NCCN(C)C)c6)ccnc5[nH]4)c3c2)c1. The summed E-state index contributed by atoms with van der Waals surface area (Å²) in [7, 11) is 3.98. The van der Waals surface area contributed by atoms with Gasteiger partial charge in [-0.3, -0.25) is 14.9 Å². The van der Waals surface area contributed by atoms with Crippen LogP contribution in [-0.2, 0) is 4.79 Å². The van der Waals surface area contributed by atoms with E-state index in [2.05, 4.69) is 45.7 Å². The molecule has 0 saturated heterocycles. The van der Waals surface area contributed by atoms with Gasteiger partial charge in [0.05, 0.1) is 17.3 Å². The van der Waals surface area contributed by atoms with E-state index in [1.165, 1.54) is 12.1 Å². The summed E-state index contributed by atoms with van der Waals surface area (Å²) in [4.78, 5) is 35.3. The molecule has 0 saturated carbocycles. The topological polar surface area (TPSA) is 140 Å². The molecule has 5 aromatic heterocycles. The average molecular weight is 565 g/mol. The Morgan fingerprint density at radius 1 is 0.976 bits per heavy atom. The monoisotopic (exact) mass is 564 g/mol. The van der Waals surface area contributed by atoms with Crippen LogP contribution in [0.15, 0.2) is 61.2 Å². The Morgan fingerprint density at radius 2 is 1.81 bits per heavy atom. The first-order chi connectivity index (χ1) is 20.4. The highest BCUT2D eigenvalue weighted by Crippen LogP contribution is 2.33. The maximum Gasteiger partial charge on any atom is 0.224 e. The standard InChI is InChI=1S/C30H29FN10O/c1-4-25(42)36-22-11-18(14-32-16-22)19-12-24-27(39-40-28(24)35-15-19)30-37-26-23(5-6-34-29(26)38-30)17-9-20(31)13-21(10-17)33-7-8-41(2)3/h5-6,9-16,33H,4,7-8H2,1-3H3,(H,36,42)(H,34,37,38)(H,35,39,40). The quantitative estimate of drug-likeness (QED) is 0.190. The van der Waals surface area contributed by atoms with E-state index in [9.17, 15) is 9.18 Å². The smallest absolute Gasteiger partial charge is 0.224 e. The zero-order chi connectivity index (χ0) is 29.2. The van der Waals surface area contributed by atoms with E-state index in [4.69, 9.17) is 4.98 Å². The molecule has 6 rings (SSSR count). The summed E-state index contributed by atoms with van der Waals surface area (Å²) in [5.41, 5.74) is 6.63. The van der Waals surface area contributed by atoms with Crippen LogP contribution in [0.2, 0.25) is 0 Å². The number of carbonyl (C=O) groups is 1. The van der Waals surface area contributed by atoms with Crippen molar-refractivity contribution in [1.82, 2.24) is 40.0 Å². The van der Waals surface area contributed by atoms with Gasteiger partial charge in [0.15, 0.2) is 17.1 Å². The second-order valence-electron chi connectivity index (χ2n) is 10.2. The molecular weight excluding hydrogens is 535 g/mol. The number of imidazole rings is 1. The summed E-state index contributed by atoms with van der Waals surface area (Å²) in [5.74, 6) is 0.0656. The molecule has 0 aliphatic rings. The number of hydrogen-bond donors (Lipinski definition) is 4. The number of nitrogens with zero attached hydrogens (tertiary/aromatic N) is 6. The highest BCUT2D eigenvalue weighted by molar-refractivity contribution is 5.96. The van der Waals surface area contributed by atoms with E-state index in [1.54, 1.807) is 31.7 Å². The number of likely N-dealkylation sites (N-methyl/N-ethyl adjacent to an activating group) is 1. The number of carbonyl (C=O) groups excluding carboxylic acids is 1. The molecule has 0 fully saturated rings. The fourth-order valence-electron chi connectivity index (χ4n) is 4.68. The summed E-state index contributed by atoms with van der Waals surface area (Å²) in [5, 5.41) is 14.3. The highest BCUT2D eigenvalue weighted by atomic mass is 19.1. The van der Waals surface area contributed by atoms with E-state index in [0.29, 0.717) is 58.2 Å². The molecule has 11 nitrogen and oxygen atoms in total. The van der Waals surface area contributed by atoms with Crippen LogP contribution in [0.3, 0.4) is 0 Å². The number of hydrogen-bond acceptors (Lipinski definition) is 8. The molecule has 0 aliphatic heterocycles. The number of aromatic amines is 2. The third-order valence-corrected chi connectivity index (χ3v) is 6.80. The number of rotatable bonds is 9. The summed E-state index contributed by atoms with van der Waals surface area (Å²) in [6, 6.07) is 10.5. The fraction of sp³-hybridized carbons (Fsp3) is 0.200. The Morgan fingerprint density at radius 3 is 2.64 bits per heavy atom. The minimum atomic E-state index is -0.342. The average Bonchev–Trinajstić information content (AvgIpc) is 3.60. The van der Waals surface area contributed by atoms with E-state index in [0.717, 1.165) is 28.6 Å². The molecule has 6 aromatic rings. The van der Waals surface area contributed by atoms with Gasteiger partial charge in [0.25, 0.3) is 0 Å². The van der Waals surface area contributed by atoms with Crippen molar-refractivity contribution in [1.29, 1.82) is 0 Å². The number of aromatic nitrogens is 7. The number of halogens is 1. The maximum atomic E-state index is 14.6. The lowest BCUT2D eigenvalue weighted by atomic mass is 10.0. The fourth-order valence-corrected chi connectivity index (χ4v) is 4.68. The second kappa shape index (κ2) is 11.3. The highest BCUT2D eigenvalue weighted by Gasteiger charge is 2.18. The lowest BCUT2D eigenvalue weighted by Gasteiger charge is -2.12. The van der Waals surface area contributed by atoms with Gasteiger partial charge in [0, 0.05) is 60.5 Å². The lowest BCUT2D eigenvalue weighted by Crippen LogP contribution is -2.20. The van der Waals surface area contributed by atoms with E-state index in [-0.39, 0.29) is 11.7 Å². The number of nitrogens with one attached hydrogen (secondary N) is 4. The molecule has 0 bridgehead atoms. The normalized spacial score (nSPS) is 11.5. The molecule has 0 radical (unpaired) electrons. The zero-order valence-electron chi connectivity index (χ0n) is 23.4. The van der Waals surface area contributed by atoms with Crippen molar-refractivity contribution in [3.05, 3.63) is 67.0 Å². The molecular formula is C30H29FN10O. The van der Waals surface area contributed by atoms with Crippen molar-refractivity contribution in [3.8, 4) is 33.8 Å². The Kier molecular flexibility index (Phi) is 7.28. The minimum Gasteiger partial charge on any atom is -0.384 e. The van der Waals surface area contributed by atoms with Crippen LogP contribution in [0.5, 0.6) is 0 Å². The van der Waals surface area contributed by atoms with Crippen LogP contribution in [0.25, 0.3) is 56.0 Å². The van der Waals surface area contributed by atoms with Crippen LogP contribution in [0.1, 0.15) is 13.3 Å². The predicted octanol–water partition coefficient (Wildman–Crippen LogP) is 5.09. The molecule has 0 unspecified atom stereocenters.